The van der Waals surface area contributed by atoms with Crippen LogP contribution in [-0.4, -0.2) is 75.3 Å². The second-order valence-corrected chi connectivity index (χ2v) is 7.20. The summed E-state index contributed by atoms with van der Waals surface area (Å²) in [6.07, 6.45) is -1.52. The third kappa shape index (κ3) is 9.18. The van der Waals surface area contributed by atoms with Gasteiger partial charge in [-0.15, -0.1) is 0 Å². The normalized spacial score (nSPS) is 16.9. The first-order valence-electron chi connectivity index (χ1n) is 9.61. The predicted octanol–water partition coefficient (Wildman–Crippen LogP) is -1.84. The summed E-state index contributed by atoms with van der Waals surface area (Å²) < 4.78 is 0. The summed E-state index contributed by atoms with van der Waals surface area (Å²) in [7, 11) is 0. The number of rotatable bonds is 13. The van der Waals surface area contributed by atoms with Gasteiger partial charge in [-0.25, -0.2) is 0 Å². The van der Waals surface area contributed by atoms with Crippen LogP contribution in [0.3, 0.4) is 0 Å². The second-order valence-electron chi connectivity index (χ2n) is 7.20. The molecule has 0 spiro atoms. The molecule has 0 saturated heterocycles. The van der Waals surface area contributed by atoms with Gasteiger partial charge in [-0.3, -0.25) is 24.0 Å². The lowest BCUT2D eigenvalue weighted by atomic mass is 9.98. The number of aliphatic carboxylic acids is 2. The van der Waals surface area contributed by atoms with Gasteiger partial charge < -0.3 is 37.0 Å². The molecule has 0 aromatic carbocycles. The van der Waals surface area contributed by atoms with Gasteiger partial charge in [0, 0.05) is 6.42 Å². The molecule has 0 aromatic rings. The molecule has 6 atom stereocenters. The number of carbonyl (C=O) groups is 5. The number of aliphatic hydroxyl groups excluding tert-OH is 1. The van der Waals surface area contributed by atoms with E-state index in [0.29, 0.717) is 6.42 Å². The number of hydrogen-bond acceptors (Lipinski definition) is 7. The van der Waals surface area contributed by atoms with Crippen LogP contribution in [0.25, 0.3) is 0 Å². The largest absolute Gasteiger partial charge is 0.481 e. The molecule has 0 fully saturated rings. The monoisotopic (exact) mass is 432 g/mol. The molecule has 0 bridgehead atoms. The molecule has 172 valence electrons. The molecule has 3 amide bonds. The van der Waals surface area contributed by atoms with Gasteiger partial charge >= 0.3 is 11.9 Å². The molecular formula is C18H32N4O8. The molecule has 12 heteroatoms. The Hall–Kier alpha value is -2.73. The Labute approximate surface area is 174 Å². The quantitative estimate of drug-likeness (QED) is 0.174. The molecule has 0 rings (SSSR count). The molecule has 0 saturated carbocycles. The van der Waals surface area contributed by atoms with E-state index in [4.69, 9.17) is 15.9 Å². The van der Waals surface area contributed by atoms with Gasteiger partial charge in [0.15, 0.2) is 0 Å². The van der Waals surface area contributed by atoms with Gasteiger partial charge in [-0.1, -0.05) is 20.3 Å². The molecule has 0 aliphatic heterocycles. The van der Waals surface area contributed by atoms with Crippen LogP contribution in [0.15, 0.2) is 0 Å². The van der Waals surface area contributed by atoms with E-state index in [1.165, 1.54) is 13.8 Å². The van der Waals surface area contributed by atoms with Crippen molar-refractivity contribution in [3.8, 4) is 0 Å². The van der Waals surface area contributed by atoms with Gasteiger partial charge in [0.25, 0.3) is 0 Å². The summed E-state index contributed by atoms with van der Waals surface area (Å²) in [5.41, 5.74) is 5.84. The molecule has 12 nitrogen and oxygen atoms in total. The van der Waals surface area contributed by atoms with Crippen LogP contribution in [0.2, 0.25) is 0 Å². The first-order chi connectivity index (χ1) is 13.8. The Morgan fingerprint density at radius 2 is 1.47 bits per heavy atom. The molecule has 0 heterocycles. The highest BCUT2D eigenvalue weighted by molar-refractivity contribution is 5.94. The van der Waals surface area contributed by atoms with E-state index >= 15 is 0 Å². The molecule has 8 N–H and O–H groups in total. The third-order valence-corrected chi connectivity index (χ3v) is 4.63. The summed E-state index contributed by atoms with van der Waals surface area (Å²) in [6, 6.07) is -5.05. The minimum absolute atomic E-state index is 0.193. The maximum Gasteiger partial charge on any atom is 0.325 e. The lowest BCUT2D eigenvalue weighted by molar-refractivity contribution is -0.142. The van der Waals surface area contributed by atoms with Crippen LogP contribution in [0.4, 0.5) is 0 Å². The van der Waals surface area contributed by atoms with Gasteiger partial charge in [-0.05, 0) is 26.2 Å². The lowest BCUT2D eigenvalue weighted by Gasteiger charge is -2.26. The highest BCUT2D eigenvalue weighted by Gasteiger charge is 2.32. The predicted molar refractivity (Wildman–Crippen MR) is 105 cm³/mol. The fraction of sp³-hybridized carbons (Fsp3) is 0.722. The van der Waals surface area contributed by atoms with Crippen LogP contribution < -0.4 is 21.7 Å². The SMILES string of the molecule is CCC(C)C(N)C(=O)NC(CCC(=O)O)C(=O)NC(C(=O)NC(C)C(=O)O)C(C)O. The highest BCUT2D eigenvalue weighted by Crippen LogP contribution is 2.07. The lowest BCUT2D eigenvalue weighted by Crippen LogP contribution is -2.59. The van der Waals surface area contributed by atoms with Crippen molar-refractivity contribution in [2.24, 2.45) is 11.7 Å². The fourth-order valence-electron chi connectivity index (χ4n) is 2.34. The van der Waals surface area contributed by atoms with Crippen molar-refractivity contribution in [1.29, 1.82) is 0 Å². The minimum atomic E-state index is -1.52. The first kappa shape index (κ1) is 27.3. The van der Waals surface area contributed by atoms with Crippen molar-refractivity contribution in [1.82, 2.24) is 16.0 Å². The number of carbonyl (C=O) groups excluding carboxylic acids is 3. The van der Waals surface area contributed by atoms with Gasteiger partial charge in [0.1, 0.15) is 18.1 Å². The van der Waals surface area contributed by atoms with Crippen LogP contribution in [0.5, 0.6) is 0 Å². The number of carboxylic acids is 2. The zero-order valence-electron chi connectivity index (χ0n) is 17.5. The topological polar surface area (TPSA) is 208 Å². The molecule has 0 aliphatic rings. The fourth-order valence-corrected chi connectivity index (χ4v) is 2.34. The Kier molecular flexibility index (Phi) is 11.6. The van der Waals surface area contributed by atoms with E-state index < -0.39 is 66.4 Å². The van der Waals surface area contributed by atoms with Crippen molar-refractivity contribution in [2.75, 3.05) is 0 Å². The van der Waals surface area contributed by atoms with E-state index in [-0.39, 0.29) is 12.3 Å². The van der Waals surface area contributed by atoms with Crippen molar-refractivity contribution in [2.45, 2.75) is 77.2 Å². The van der Waals surface area contributed by atoms with Crippen LogP contribution in [0, 0.1) is 5.92 Å². The Balaban J connectivity index is 5.38. The van der Waals surface area contributed by atoms with E-state index in [2.05, 4.69) is 16.0 Å². The number of amides is 3. The first-order valence-corrected chi connectivity index (χ1v) is 9.61. The summed E-state index contributed by atoms with van der Waals surface area (Å²) in [5.74, 6) is -5.23. The molecule has 0 aromatic heterocycles. The zero-order valence-corrected chi connectivity index (χ0v) is 17.5. The minimum Gasteiger partial charge on any atom is -0.481 e. The number of hydrogen-bond donors (Lipinski definition) is 7. The van der Waals surface area contributed by atoms with Crippen LogP contribution >= 0.6 is 0 Å². The third-order valence-electron chi connectivity index (χ3n) is 4.63. The smallest absolute Gasteiger partial charge is 0.325 e. The maximum atomic E-state index is 12.6. The summed E-state index contributed by atoms with van der Waals surface area (Å²) in [6.45, 7) is 5.98. The van der Waals surface area contributed by atoms with Crippen molar-refractivity contribution >= 4 is 29.7 Å². The van der Waals surface area contributed by atoms with Crippen LogP contribution in [-0.2, 0) is 24.0 Å². The van der Waals surface area contributed by atoms with E-state index in [9.17, 15) is 29.1 Å². The van der Waals surface area contributed by atoms with E-state index in [1.807, 2.05) is 6.92 Å². The average Bonchev–Trinajstić information content (AvgIpc) is 2.66. The molecular weight excluding hydrogens is 400 g/mol. The van der Waals surface area contributed by atoms with Crippen molar-refractivity contribution in [3.05, 3.63) is 0 Å². The van der Waals surface area contributed by atoms with Gasteiger partial charge in [-0.2, -0.15) is 0 Å². The van der Waals surface area contributed by atoms with Crippen molar-refractivity contribution < 1.29 is 39.3 Å². The number of nitrogens with one attached hydrogen (secondary N) is 3. The highest BCUT2D eigenvalue weighted by atomic mass is 16.4. The van der Waals surface area contributed by atoms with Gasteiger partial charge in [0.2, 0.25) is 17.7 Å². The Morgan fingerprint density at radius 1 is 0.900 bits per heavy atom. The molecule has 0 aliphatic carbocycles. The maximum absolute atomic E-state index is 12.6. The summed E-state index contributed by atoms with van der Waals surface area (Å²) in [4.78, 5) is 59.0. The zero-order chi connectivity index (χ0) is 23.6. The number of nitrogens with two attached hydrogens (primary N) is 1. The van der Waals surface area contributed by atoms with E-state index in [1.54, 1.807) is 6.92 Å². The Bertz CT molecular complexity index is 640. The standard InChI is InChI=1S/C18H32N4O8/c1-5-8(2)13(19)16(27)21-11(6-7-12(24)25)15(26)22-14(10(4)23)17(28)20-9(3)18(29)30/h8-11,13-14,23H,5-7,19H2,1-4H3,(H,20,28)(H,21,27)(H,22,26)(H,24,25)(H,29,30). The number of aliphatic hydroxyl groups is 1. The van der Waals surface area contributed by atoms with Crippen molar-refractivity contribution in [3.63, 3.8) is 0 Å². The van der Waals surface area contributed by atoms with E-state index in [0.717, 1.165) is 0 Å². The molecule has 0 radical (unpaired) electrons. The van der Waals surface area contributed by atoms with Gasteiger partial charge in [0.05, 0.1) is 12.1 Å². The van der Waals surface area contributed by atoms with Crippen LogP contribution in [0.1, 0.15) is 47.0 Å². The summed E-state index contributed by atoms with van der Waals surface area (Å²) >= 11 is 0. The average molecular weight is 432 g/mol. The molecule has 6 unspecified atom stereocenters. The summed E-state index contributed by atoms with van der Waals surface area (Å²) in [5, 5.41) is 34.3. The number of carboxylic acid groups (broad SMARTS) is 2. The second kappa shape index (κ2) is 12.8. The Morgan fingerprint density at radius 3 is 1.90 bits per heavy atom. The molecule has 30 heavy (non-hydrogen) atoms.